The molecule has 3 rings (SSSR count). The van der Waals surface area contributed by atoms with E-state index < -0.39 is 5.97 Å². The number of ether oxygens (including phenoxy) is 1. The number of para-hydroxylation sites is 1. The van der Waals surface area contributed by atoms with Gasteiger partial charge >= 0.3 is 5.97 Å². The number of hydrogen-bond acceptors (Lipinski definition) is 6. The second-order valence-electron chi connectivity index (χ2n) is 6.52. The van der Waals surface area contributed by atoms with Crippen molar-refractivity contribution >= 4 is 34.6 Å². The molecular formula is C22H22N4O3. The quantitative estimate of drug-likeness (QED) is 0.621. The Labute approximate surface area is 169 Å². The minimum Gasteiger partial charge on any atom is -0.465 e. The summed E-state index contributed by atoms with van der Waals surface area (Å²) >= 11 is 0. The van der Waals surface area contributed by atoms with Gasteiger partial charge in [-0.3, -0.25) is 9.78 Å². The van der Waals surface area contributed by atoms with E-state index in [2.05, 4.69) is 15.6 Å². The van der Waals surface area contributed by atoms with Gasteiger partial charge in [0.15, 0.2) is 0 Å². The van der Waals surface area contributed by atoms with E-state index in [9.17, 15) is 9.59 Å². The third kappa shape index (κ3) is 4.90. The van der Waals surface area contributed by atoms with Crippen LogP contribution in [0.5, 0.6) is 0 Å². The summed E-state index contributed by atoms with van der Waals surface area (Å²) in [7, 11) is 5.25. The number of pyridine rings is 1. The minimum absolute atomic E-state index is 0.284. The number of nitrogens with zero attached hydrogens (tertiary/aromatic N) is 2. The number of nitrogens with one attached hydrogen (secondary N) is 2. The topological polar surface area (TPSA) is 83.6 Å². The number of aromatic nitrogens is 1. The zero-order chi connectivity index (χ0) is 20.8. The van der Waals surface area contributed by atoms with Gasteiger partial charge in [-0.05, 0) is 42.5 Å². The lowest BCUT2D eigenvalue weighted by Gasteiger charge is -2.14. The first-order valence-electron chi connectivity index (χ1n) is 8.96. The molecule has 0 aliphatic carbocycles. The molecule has 29 heavy (non-hydrogen) atoms. The van der Waals surface area contributed by atoms with E-state index in [-0.39, 0.29) is 11.5 Å². The number of anilines is 4. The van der Waals surface area contributed by atoms with Gasteiger partial charge in [-0.15, -0.1) is 0 Å². The van der Waals surface area contributed by atoms with Crippen molar-refractivity contribution in [2.75, 3.05) is 36.7 Å². The molecular weight excluding hydrogens is 368 g/mol. The van der Waals surface area contributed by atoms with Crippen LogP contribution in [0.25, 0.3) is 0 Å². The first kappa shape index (κ1) is 19.9. The molecule has 7 nitrogen and oxygen atoms in total. The Morgan fingerprint density at radius 1 is 0.966 bits per heavy atom. The molecule has 2 aromatic carbocycles. The maximum atomic E-state index is 12.7. The standard InChI is InChI=1S/C22H22N4O3/c1-26(2)18-10-8-16(9-11-18)24-17-12-15(13-23-14-17)21(27)25-20-7-5-4-6-19(20)22(28)29-3/h4-14,24H,1-3H3,(H,25,27). The molecule has 2 N–H and O–H groups in total. The van der Waals surface area contributed by atoms with Gasteiger partial charge in [-0.25, -0.2) is 4.79 Å². The molecule has 0 aliphatic rings. The van der Waals surface area contributed by atoms with Crippen molar-refractivity contribution in [2.24, 2.45) is 0 Å². The van der Waals surface area contributed by atoms with Crippen LogP contribution < -0.4 is 15.5 Å². The van der Waals surface area contributed by atoms with Gasteiger partial charge in [0, 0.05) is 31.7 Å². The van der Waals surface area contributed by atoms with E-state index in [1.165, 1.54) is 13.3 Å². The fraction of sp³-hybridized carbons (Fsp3) is 0.136. The van der Waals surface area contributed by atoms with Crippen LogP contribution in [0.3, 0.4) is 0 Å². The van der Waals surface area contributed by atoms with Crippen LogP contribution in [-0.4, -0.2) is 38.1 Å². The van der Waals surface area contributed by atoms with E-state index in [0.717, 1.165) is 11.4 Å². The highest BCUT2D eigenvalue weighted by atomic mass is 16.5. The van der Waals surface area contributed by atoms with Crippen molar-refractivity contribution in [3.05, 3.63) is 78.1 Å². The summed E-state index contributed by atoms with van der Waals surface area (Å²) in [5, 5.41) is 5.97. The Balaban J connectivity index is 1.76. The van der Waals surface area contributed by atoms with Crippen molar-refractivity contribution in [1.29, 1.82) is 0 Å². The number of carbonyl (C=O) groups excluding carboxylic acids is 2. The number of benzene rings is 2. The van der Waals surface area contributed by atoms with Gasteiger partial charge in [0.2, 0.25) is 0 Å². The molecule has 148 valence electrons. The summed E-state index contributed by atoms with van der Waals surface area (Å²) in [6.45, 7) is 0. The molecule has 0 spiro atoms. The number of amides is 1. The Kier molecular flexibility index (Phi) is 6.09. The van der Waals surface area contributed by atoms with Crippen molar-refractivity contribution in [3.63, 3.8) is 0 Å². The molecule has 7 heteroatoms. The van der Waals surface area contributed by atoms with Crippen LogP contribution in [0.4, 0.5) is 22.7 Å². The van der Waals surface area contributed by atoms with Gasteiger partial charge in [-0.2, -0.15) is 0 Å². The zero-order valence-corrected chi connectivity index (χ0v) is 16.5. The van der Waals surface area contributed by atoms with E-state index in [1.807, 2.05) is 43.3 Å². The molecule has 0 atom stereocenters. The molecule has 0 saturated heterocycles. The smallest absolute Gasteiger partial charge is 0.339 e. The van der Waals surface area contributed by atoms with Crippen LogP contribution in [0.1, 0.15) is 20.7 Å². The van der Waals surface area contributed by atoms with Crippen LogP contribution in [0, 0.1) is 0 Å². The van der Waals surface area contributed by atoms with Gasteiger partial charge in [0.1, 0.15) is 0 Å². The monoisotopic (exact) mass is 390 g/mol. The molecule has 3 aromatic rings. The third-order valence-corrected chi connectivity index (χ3v) is 4.25. The highest BCUT2D eigenvalue weighted by Crippen LogP contribution is 2.21. The van der Waals surface area contributed by atoms with Crippen molar-refractivity contribution < 1.29 is 14.3 Å². The Morgan fingerprint density at radius 2 is 1.69 bits per heavy atom. The molecule has 1 aromatic heterocycles. The molecule has 0 unspecified atom stereocenters. The third-order valence-electron chi connectivity index (χ3n) is 4.25. The van der Waals surface area contributed by atoms with E-state index >= 15 is 0 Å². The van der Waals surface area contributed by atoms with Gasteiger partial charge < -0.3 is 20.3 Å². The van der Waals surface area contributed by atoms with Crippen LogP contribution in [0.2, 0.25) is 0 Å². The lowest BCUT2D eigenvalue weighted by molar-refractivity contribution is 0.0602. The SMILES string of the molecule is COC(=O)c1ccccc1NC(=O)c1cncc(Nc2ccc(N(C)C)cc2)c1. The van der Waals surface area contributed by atoms with Crippen LogP contribution in [0.15, 0.2) is 67.0 Å². The van der Waals surface area contributed by atoms with Crippen LogP contribution >= 0.6 is 0 Å². The number of rotatable bonds is 6. The summed E-state index contributed by atoms with van der Waals surface area (Å²) < 4.78 is 4.76. The number of methoxy groups -OCH3 is 1. The fourth-order valence-corrected chi connectivity index (χ4v) is 2.72. The number of carbonyl (C=O) groups is 2. The largest absolute Gasteiger partial charge is 0.465 e. The summed E-state index contributed by atoms with van der Waals surface area (Å²) in [6, 6.07) is 16.3. The fourth-order valence-electron chi connectivity index (χ4n) is 2.72. The number of esters is 1. The van der Waals surface area contributed by atoms with Gasteiger partial charge in [0.05, 0.1) is 35.8 Å². The highest BCUT2D eigenvalue weighted by Gasteiger charge is 2.14. The lowest BCUT2D eigenvalue weighted by Crippen LogP contribution is -2.15. The zero-order valence-electron chi connectivity index (χ0n) is 16.5. The van der Waals surface area contributed by atoms with Crippen molar-refractivity contribution in [2.45, 2.75) is 0 Å². The normalized spacial score (nSPS) is 10.2. The summed E-state index contributed by atoms with van der Waals surface area (Å²) in [4.78, 5) is 30.7. The highest BCUT2D eigenvalue weighted by molar-refractivity contribution is 6.08. The molecule has 0 radical (unpaired) electrons. The average molecular weight is 390 g/mol. The summed E-state index contributed by atoms with van der Waals surface area (Å²) in [6.07, 6.45) is 3.11. The molecule has 0 saturated carbocycles. The predicted molar refractivity (Wildman–Crippen MR) is 114 cm³/mol. The van der Waals surface area contributed by atoms with Crippen molar-refractivity contribution in [3.8, 4) is 0 Å². The van der Waals surface area contributed by atoms with Crippen LogP contribution in [-0.2, 0) is 4.74 Å². The molecule has 1 heterocycles. The number of hydrogen-bond donors (Lipinski definition) is 2. The van der Waals surface area contributed by atoms with E-state index in [4.69, 9.17) is 4.74 Å². The first-order chi connectivity index (χ1) is 14.0. The van der Waals surface area contributed by atoms with E-state index in [0.29, 0.717) is 16.9 Å². The maximum Gasteiger partial charge on any atom is 0.339 e. The Bertz CT molecular complexity index is 1020. The molecule has 0 bridgehead atoms. The molecule has 0 fully saturated rings. The van der Waals surface area contributed by atoms with E-state index in [1.54, 1.807) is 36.5 Å². The second kappa shape index (κ2) is 8.88. The second-order valence-corrected chi connectivity index (χ2v) is 6.52. The summed E-state index contributed by atoms with van der Waals surface area (Å²) in [5.41, 5.74) is 3.67. The van der Waals surface area contributed by atoms with Gasteiger partial charge in [0.25, 0.3) is 5.91 Å². The minimum atomic E-state index is -0.518. The maximum absolute atomic E-state index is 12.7. The Hall–Kier alpha value is -3.87. The Morgan fingerprint density at radius 3 is 2.38 bits per heavy atom. The molecule has 0 aliphatic heterocycles. The summed E-state index contributed by atoms with van der Waals surface area (Å²) in [5.74, 6) is -0.893. The predicted octanol–water partition coefficient (Wildman–Crippen LogP) is 3.93. The molecule has 1 amide bonds. The average Bonchev–Trinajstić information content (AvgIpc) is 2.74. The van der Waals surface area contributed by atoms with Gasteiger partial charge in [-0.1, -0.05) is 12.1 Å². The lowest BCUT2D eigenvalue weighted by atomic mass is 10.1. The van der Waals surface area contributed by atoms with Crippen molar-refractivity contribution in [1.82, 2.24) is 4.98 Å². The first-order valence-corrected chi connectivity index (χ1v) is 8.96.